The molecular weight excluding hydrogens is 306 g/mol. The van der Waals surface area contributed by atoms with Crippen molar-refractivity contribution in [3.63, 3.8) is 0 Å². The van der Waals surface area contributed by atoms with Gasteiger partial charge in [-0.3, -0.25) is 4.79 Å². The van der Waals surface area contributed by atoms with E-state index in [4.69, 9.17) is 0 Å². The third-order valence-electron chi connectivity index (χ3n) is 5.92. The summed E-state index contributed by atoms with van der Waals surface area (Å²) >= 11 is 1.57. The third-order valence-corrected chi connectivity index (χ3v) is 7.03. The van der Waals surface area contributed by atoms with Gasteiger partial charge in [-0.15, -0.1) is 11.3 Å². The van der Waals surface area contributed by atoms with E-state index in [1.165, 1.54) is 23.0 Å². The maximum absolute atomic E-state index is 12.7. The Morgan fingerprint density at radius 2 is 2.22 bits per heavy atom. The Balaban J connectivity index is 1.71. The number of hydrogen-bond acceptors (Lipinski definition) is 4. The lowest BCUT2D eigenvalue weighted by Crippen LogP contribution is -2.48. The summed E-state index contributed by atoms with van der Waals surface area (Å²) in [7, 11) is 0. The minimum atomic E-state index is -0.0738. The first kappa shape index (κ1) is 14.8. The lowest BCUT2D eigenvalue weighted by molar-refractivity contribution is -0.00127. The van der Waals surface area contributed by atoms with Crippen molar-refractivity contribution in [2.45, 2.75) is 40.5 Å². The highest BCUT2D eigenvalue weighted by molar-refractivity contribution is 7.18. The summed E-state index contributed by atoms with van der Waals surface area (Å²) in [6.45, 7) is 8.68. The zero-order valence-electron chi connectivity index (χ0n) is 14.0. The second-order valence-electron chi connectivity index (χ2n) is 7.35. The molecule has 1 saturated carbocycles. The highest BCUT2D eigenvalue weighted by atomic mass is 32.1. The predicted molar refractivity (Wildman–Crippen MR) is 95.3 cm³/mol. The van der Waals surface area contributed by atoms with Crippen LogP contribution in [0.1, 0.15) is 37.1 Å². The number of aryl methyl sites for hydroxylation is 2. The topological polar surface area (TPSA) is 47.2 Å². The van der Waals surface area contributed by atoms with E-state index in [2.05, 4.69) is 30.0 Å². The molecular formula is C18H21N3OS. The van der Waals surface area contributed by atoms with Gasteiger partial charge in [0.05, 0.1) is 11.6 Å². The summed E-state index contributed by atoms with van der Waals surface area (Å²) in [5.74, 6) is 1.38. The van der Waals surface area contributed by atoms with Crippen molar-refractivity contribution < 1.29 is 0 Å². The molecule has 0 radical (unpaired) electrons. The number of thiophene rings is 1. The van der Waals surface area contributed by atoms with Crippen molar-refractivity contribution >= 4 is 27.8 Å². The van der Waals surface area contributed by atoms with Crippen LogP contribution in [-0.4, -0.2) is 15.9 Å². The first-order valence-electron chi connectivity index (χ1n) is 8.11. The van der Waals surface area contributed by atoms with Gasteiger partial charge in [0.15, 0.2) is 0 Å². The quantitative estimate of drug-likeness (QED) is 0.785. The van der Waals surface area contributed by atoms with E-state index in [-0.39, 0.29) is 5.56 Å². The number of allylic oxidation sites excluding steroid dienone is 2. The van der Waals surface area contributed by atoms with Crippen LogP contribution in [0.4, 0.5) is 0 Å². The lowest BCUT2D eigenvalue weighted by atomic mass is 9.49. The standard InChI is InChI=1S/C18H21N3OS/c1-10-11(2)23-16-15(10)17(22)21(9-19-16)20-8-12-5-6-13-7-14(12)18(13,3)4/h5,8-9,13-14H,6-7H2,1-4H3/b20-8+. The number of rotatable bonds is 2. The van der Waals surface area contributed by atoms with Crippen LogP contribution >= 0.6 is 11.3 Å². The average molecular weight is 327 g/mol. The predicted octanol–water partition coefficient (Wildman–Crippen LogP) is 3.90. The van der Waals surface area contributed by atoms with Crippen LogP contribution in [0.2, 0.25) is 0 Å². The molecule has 2 aromatic rings. The summed E-state index contributed by atoms with van der Waals surface area (Å²) in [6, 6.07) is 0. The molecule has 0 aromatic carbocycles. The van der Waals surface area contributed by atoms with E-state index in [1.54, 1.807) is 11.3 Å². The monoisotopic (exact) mass is 327 g/mol. The summed E-state index contributed by atoms with van der Waals surface area (Å²) in [5.41, 5.74) is 2.58. The van der Waals surface area contributed by atoms with E-state index in [9.17, 15) is 4.79 Å². The minimum absolute atomic E-state index is 0.0738. The summed E-state index contributed by atoms with van der Waals surface area (Å²) in [4.78, 5) is 19.0. The fraction of sp³-hybridized carbons (Fsp3) is 0.500. The number of hydrogen-bond donors (Lipinski definition) is 0. The lowest BCUT2D eigenvalue weighted by Gasteiger charge is -2.55. The van der Waals surface area contributed by atoms with Gasteiger partial charge in [-0.1, -0.05) is 19.9 Å². The van der Waals surface area contributed by atoms with Gasteiger partial charge in [0.1, 0.15) is 11.2 Å². The van der Waals surface area contributed by atoms with E-state index in [0.29, 0.717) is 16.7 Å². The van der Waals surface area contributed by atoms with Crippen molar-refractivity contribution in [2.24, 2.45) is 22.4 Å². The molecule has 5 heteroatoms. The summed E-state index contributed by atoms with van der Waals surface area (Å²) < 4.78 is 1.38. The molecule has 4 nitrogen and oxygen atoms in total. The van der Waals surface area contributed by atoms with Crippen molar-refractivity contribution in [3.05, 3.63) is 38.8 Å². The molecule has 1 fully saturated rings. The Morgan fingerprint density at radius 3 is 2.91 bits per heavy atom. The minimum Gasteiger partial charge on any atom is -0.267 e. The van der Waals surface area contributed by atoms with Gasteiger partial charge < -0.3 is 0 Å². The largest absolute Gasteiger partial charge is 0.282 e. The van der Waals surface area contributed by atoms with Crippen molar-refractivity contribution in [1.82, 2.24) is 9.66 Å². The average Bonchev–Trinajstić information content (AvgIpc) is 2.82. The van der Waals surface area contributed by atoms with Crippen LogP contribution in [0, 0.1) is 31.1 Å². The van der Waals surface area contributed by atoms with Gasteiger partial charge in [0.25, 0.3) is 5.56 Å². The highest BCUT2D eigenvalue weighted by Gasteiger charge is 2.50. The fourth-order valence-electron chi connectivity index (χ4n) is 3.98. The molecule has 2 atom stereocenters. The molecule has 3 aliphatic carbocycles. The van der Waals surface area contributed by atoms with Crippen molar-refractivity contribution in [1.29, 1.82) is 0 Å². The Hall–Kier alpha value is -1.75. The van der Waals surface area contributed by atoms with E-state index >= 15 is 0 Å². The SMILES string of the molecule is Cc1sc2ncn(/N=C/C3=CCC4CC3C4(C)C)c(=O)c2c1C. The third kappa shape index (κ3) is 2.06. The first-order valence-corrected chi connectivity index (χ1v) is 8.93. The number of fused-ring (bicyclic) bond motifs is 2. The Labute approximate surface area is 139 Å². The smallest absolute Gasteiger partial charge is 0.267 e. The van der Waals surface area contributed by atoms with Gasteiger partial charge >= 0.3 is 0 Å². The molecule has 3 aliphatic rings. The maximum atomic E-state index is 12.7. The Bertz CT molecular complexity index is 916. The highest BCUT2D eigenvalue weighted by Crippen LogP contribution is 2.58. The maximum Gasteiger partial charge on any atom is 0.282 e. The zero-order chi connectivity index (χ0) is 16.4. The van der Waals surface area contributed by atoms with E-state index < -0.39 is 0 Å². The van der Waals surface area contributed by atoms with Crippen LogP contribution in [0.5, 0.6) is 0 Å². The zero-order valence-corrected chi connectivity index (χ0v) is 14.8. The molecule has 2 aromatic heterocycles. The van der Waals surface area contributed by atoms with E-state index in [0.717, 1.165) is 27.6 Å². The second kappa shape index (κ2) is 4.87. The molecule has 23 heavy (non-hydrogen) atoms. The van der Waals surface area contributed by atoms with Crippen LogP contribution in [-0.2, 0) is 0 Å². The van der Waals surface area contributed by atoms with Crippen LogP contribution in [0.15, 0.2) is 27.9 Å². The molecule has 0 aliphatic heterocycles. The first-order chi connectivity index (χ1) is 10.9. The normalized spacial score (nSPS) is 25.7. The van der Waals surface area contributed by atoms with Gasteiger partial charge in [-0.25, -0.2) is 4.98 Å². The Kier molecular flexibility index (Phi) is 3.14. The molecule has 5 rings (SSSR count). The van der Waals surface area contributed by atoms with Crippen LogP contribution in [0.3, 0.4) is 0 Å². The van der Waals surface area contributed by atoms with Gasteiger partial charge in [0, 0.05) is 4.88 Å². The number of aromatic nitrogens is 2. The van der Waals surface area contributed by atoms with Crippen LogP contribution in [0.25, 0.3) is 10.2 Å². The van der Waals surface area contributed by atoms with Crippen molar-refractivity contribution in [2.75, 3.05) is 0 Å². The summed E-state index contributed by atoms with van der Waals surface area (Å²) in [6.07, 6.45) is 8.06. The fourth-order valence-corrected chi connectivity index (χ4v) is 4.97. The van der Waals surface area contributed by atoms with Crippen LogP contribution < -0.4 is 5.56 Å². The second-order valence-corrected chi connectivity index (χ2v) is 8.55. The van der Waals surface area contributed by atoms with E-state index in [1.807, 2.05) is 20.1 Å². The molecule has 0 spiro atoms. The van der Waals surface area contributed by atoms with Crippen molar-refractivity contribution in [3.8, 4) is 0 Å². The molecule has 2 bridgehead atoms. The molecule has 120 valence electrons. The van der Waals surface area contributed by atoms with Gasteiger partial charge in [0.2, 0.25) is 0 Å². The van der Waals surface area contributed by atoms with Gasteiger partial charge in [-0.2, -0.15) is 9.78 Å². The molecule has 0 N–H and O–H groups in total. The molecule has 0 saturated heterocycles. The molecule has 2 heterocycles. The van der Waals surface area contributed by atoms with Gasteiger partial charge in [-0.05, 0) is 55.1 Å². The Morgan fingerprint density at radius 1 is 1.43 bits per heavy atom. The summed E-state index contributed by atoms with van der Waals surface area (Å²) in [5, 5.41) is 5.13. The molecule has 2 unspecified atom stereocenters. The molecule has 0 amide bonds. The number of nitrogens with zero attached hydrogens (tertiary/aromatic N) is 3.